The maximum Gasteiger partial charge on any atom is 0.267 e. The van der Waals surface area contributed by atoms with Gasteiger partial charge in [-0.05, 0) is 25.0 Å². The minimum Gasteiger partial charge on any atom is -0.337 e. The van der Waals surface area contributed by atoms with E-state index < -0.39 is 5.82 Å². The molecule has 0 bridgehead atoms. The van der Waals surface area contributed by atoms with Gasteiger partial charge in [0.25, 0.3) is 5.91 Å². The molecule has 0 spiro atoms. The second-order valence-corrected chi connectivity index (χ2v) is 7.15. The summed E-state index contributed by atoms with van der Waals surface area (Å²) in [5.74, 6) is 0.168. The Morgan fingerprint density at radius 3 is 3.00 bits per heavy atom. The van der Waals surface area contributed by atoms with Gasteiger partial charge in [-0.15, -0.1) is 0 Å². The van der Waals surface area contributed by atoms with E-state index in [1.807, 2.05) is 5.01 Å². The number of hydrazine groups is 1. The number of halogens is 1. The Hall–Kier alpha value is -2.81. The maximum absolute atomic E-state index is 13.9. The molecule has 3 aliphatic rings. The lowest BCUT2D eigenvalue weighted by Crippen LogP contribution is -2.51. The molecule has 2 aromatic rings. The Morgan fingerprint density at radius 1 is 1.26 bits per heavy atom. The molecule has 2 aliphatic heterocycles. The number of rotatable bonds is 3. The largest absolute Gasteiger partial charge is 0.337 e. The van der Waals surface area contributed by atoms with E-state index in [0.29, 0.717) is 6.04 Å². The van der Waals surface area contributed by atoms with Crippen LogP contribution in [0.25, 0.3) is 11.4 Å². The number of hydrogen-bond donors (Lipinski definition) is 1. The van der Waals surface area contributed by atoms with Gasteiger partial charge >= 0.3 is 0 Å². The van der Waals surface area contributed by atoms with E-state index in [0.717, 1.165) is 19.3 Å². The lowest BCUT2D eigenvalue weighted by molar-refractivity contribution is -0.139. The number of nitrogens with zero attached hydrogens (tertiary/aromatic N) is 5. The molecule has 5 rings (SSSR count). The number of hydrazone groups is 1. The van der Waals surface area contributed by atoms with Crippen LogP contribution in [0.3, 0.4) is 0 Å². The molecule has 27 heavy (non-hydrogen) atoms. The van der Waals surface area contributed by atoms with Crippen LogP contribution in [0.2, 0.25) is 0 Å². The number of fused-ring (bicyclic) bond motifs is 3. The van der Waals surface area contributed by atoms with Crippen LogP contribution in [0, 0.1) is 11.7 Å². The molecule has 1 aromatic heterocycles. The molecule has 1 aliphatic carbocycles. The highest BCUT2D eigenvalue weighted by Gasteiger charge is 2.48. The van der Waals surface area contributed by atoms with Gasteiger partial charge in [0, 0.05) is 12.0 Å². The third-order valence-corrected chi connectivity index (χ3v) is 5.53. The number of aromatic nitrogens is 2. The van der Waals surface area contributed by atoms with E-state index in [1.54, 1.807) is 24.5 Å². The first-order valence-corrected chi connectivity index (χ1v) is 9.18. The Morgan fingerprint density at radius 2 is 2.11 bits per heavy atom. The molecule has 3 heterocycles. The van der Waals surface area contributed by atoms with Crippen LogP contribution in [0.5, 0.6) is 0 Å². The van der Waals surface area contributed by atoms with Gasteiger partial charge in [-0.1, -0.05) is 30.1 Å². The van der Waals surface area contributed by atoms with Crippen molar-refractivity contribution < 1.29 is 13.7 Å². The van der Waals surface area contributed by atoms with Crippen LogP contribution in [0.4, 0.5) is 4.39 Å². The van der Waals surface area contributed by atoms with E-state index in [9.17, 15) is 9.18 Å². The fourth-order valence-electron chi connectivity index (χ4n) is 4.23. The monoisotopic (exact) mass is 370 g/mol. The molecule has 1 amide bonds. The summed E-state index contributed by atoms with van der Waals surface area (Å²) < 4.78 is 19.1. The summed E-state index contributed by atoms with van der Waals surface area (Å²) in [5, 5.41) is 11.2. The number of amides is 1. The average molecular weight is 370 g/mol. The first kappa shape index (κ1) is 16.4. The summed E-state index contributed by atoms with van der Waals surface area (Å²) in [5.41, 5.74) is 3.65. The second kappa shape index (κ2) is 6.41. The van der Waals surface area contributed by atoms with E-state index in [2.05, 4.69) is 20.7 Å². The van der Waals surface area contributed by atoms with Crippen LogP contribution in [-0.4, -0.2) is 44.5 Å². The van der Waals surface area contributed by atoms with Gasteiger partial charge in [0.2, 0.25) is 11.7 Å². The van der Waals surface area contributed by atoms with Crippen LogP contribution in [0.15, 0.2) is 33.9 Å². The molecule has 3 atom stereocenters. The minimum atomic E-state index is -0.423. The standard InChI is InChI=1S/C18H19FN6O2/c19-13-7-3-1-5-11(13)17-21-15(27-23-17)9-24-18(26)16-12-6-2-4-8-14(12)22-25(16)10-20-24/h1,3,5,7,10,12,14,16,22H,2,4,6,8-9H2. The number of carbonyl (C=O) groups excluding carboxylic acids is 1. The Kier molecular flexibility index (Phi) is 3.89. The predicted molar refractivity (Wildman–Crippen MR) is 93.2 cm³/mol. The van der Waals surface area contributed by atoms with Gasteiger partial charge in [-0.3, -0.25) is 9.80 Å². The van der Waals surface area contributed by atoms with Crippen molar-refractivity contribution in [3.8, 4) is 11.4 Å². The summed E-state index contributed by atoms with van der Waals surface area (Å²) in [7, 11) is 0. The van der Waals surface area contributed by atoms with Gasteiger partial charge in [-0.25, -0.2) is 14.8 Å². The molecule has 140 valence electrons. The van der Waals surface area contributed by atoms with Gasteiger partial charge in [0.15, 0.2) is 0 Å². The predicted octanol–water partition coefficient (Wildman–Crippen LogP) is 1.91. The van der Waals surface area contributed by atoms with E-state index in [1.165, 1.54) is 17.5 Å². The van der Waals surface area contributed by atoms with Gasteiger partial charge in [0.05, 0.1) is 5.56 Å². The average Bonchev–Trinajstić information content (AvgIpc) is 3.29. The first-order valence-electron chi connectivity index (χ1n) is 9.18. The molecule has 1 saturated carbocycles. The second-order valence-electron chi connectivity index (χ2n) is 7.15. The molecule has 2 fully saturated rings. The molecule has 0 radical (unpaired) electrons. The topological polar surface area (TPSA) is 86.9 Å². The molecule has 1 saturated heterocycles. The normalized spacial score (nSPS) is 27.0. The highest BCUT2D eigenvalue weighted by molar-refractivity contribution is 5.87. The maximum atomic E-state index is 13.9. The zero-order valence-electron chi connectivity index (χ0n) is 14.6. The van der Waals surface area contributed by atoms with Crippen LogP contribution >= 0.6 is 0 Å². The van der Waals surface area contributed by atoms with E-state index in [-0.39, 0.29) is 41.7 Å². The zero-order chi connectivity index (χ0) is 18.4. The molecular formula is C18H19FN6O2. The van der Waals surface area contributed by atoms with Gasteiger partial charge in [0.1, 0.15) is 24.7 Å². The summed E-state index contributed by atoms with van der Waals surface area (Å²) >= 11 is 0. The fourth-order valence-corrected chi connectivity index (χ4v) is 4.23. The Labute approximate surface area is 155 Å². The minimum absolute atomic E-state index is 0.0680. The molecule has 1 aromatic carbocycles. The van der Waals surface area contributed by atoms with Crippen LogP contribution in [0.1, 0.15) is 31.6 Å². The van der Waals surface area contributed by atoms with Crippen molar-refractivity contribution >= 4 is 12.2 Å². The van der Waals surface area contributed by atoms with Crippen LogP contribution < -0.4 is 5.43 Å². The zero-order valence-corrected chi connectivity index (χ0v) is 14.6. The SMILES string of the molecule is O=C1C2C3CCCCC3NN2C=NN1Cc1nc(-c2ccccc2F)no1. The van der Waals surface area contributed by atoms with Crippen molar-refractivity contribution in [2.45, 2.75) is 44.3 Å². The summed E-state index contributed by atoms with van der Waals surface area (Å²) in [6, 6.07) is 6.30. The summed E-state index contributed by atoms with van der Waals surface area (Å²) in [4.78, 5) is 17.2. The quantitative estimate of drug-likeness (QED) is 0.888. The number of hydrogen-bond acceptors (Lipinski definition) is 7. The van der Waals surface area contributed by atoms with Crippen molar-refractivity contribution in [3.05, 3.63) is 36.0 Å². The molecule has 9 heteroatoms. The molecule has 1 N–H and O–H groups in total. The Balaban J connectivity index is 1.34. The summed E-state index contributed by atoms with van der Waals surface area (Å²) in [6.45, 7) is 0.0680. The van der Waals surface area contributed by atoms with E-state index in [4.69, 9.17) is 4.52 Å². The highest BCUT2D eigenvalue weighted by atomic mass is 19.1. The molecule has 8 nitrogen and oxygen atoms in total. The lowest BCUT2D eigenvalue weighted by atomic mass is 9.81. The van der Waals surface area contributed by atoms with Gasteiger partial charge < -0.3 is 4.52 Å². The van der Waals surface area contributed by atoms with Crippen molar-refractivity contribution in [1.82, 2.24) is 25.6 Å². The number of carbonyl (C=O) groups is 1. The highest BCUT2D eigenvalue weighted by Crippen LogP contribution is 2.35. The first-order chi connectivity index (χ1) is 13.2. The third-order valence-electron chi connectivity index (χ3n) is 5.53. The fraction of sp³-hybridized carbons (Fsp3) is 0.444. The Bertz CT molecular complexity index is 899. The van der Waals surface area contributed by atoms with Crippen LogP contribution in [-0.2, 0) is 11.3 Å². The van der Waals surface area contributed by atoms with Gasteiger partial charge in [-0.2, -0.15) is 10.1 Å². The smallest absolute Gasteiger partial charge is 0.267 e. The lowest BCUT2D eigenvalue weighted by Gasteiger charge is -2.32. The molecule has 3 unspecified atom stereocenters. The summed E-state index contributed by atoms with van der Waals surface area (Å²) in [6.07, 6.45) is 6.09. The number of benzene rings is 1. The third kappa shape index (κ3) is 2.78. The number of nitrogens with one attached hydrogen (secondary N) is 1. The van der Waals surface area contributed by atoms with Crippen molar-refractivity contribution in [2.75, 3.05) is 0 Å². The van der Waals surface area contributed by atoms with E-state index >= 15 is 0 Å². The van der Waals surface area contributed by atoms with Crippen molar-refractivity contribution in [2.24, 2.45) is 11.0 Å². The van der Waals surface area contributed by atoms with Crippen molar-refractivity contribution in [1.29, 1.82) is 0 Å². The molecular weight excluding hydrogens is 351 g/mol. The van der Waals surface area contributed by atoms with Crippen molar-refractivity contribution in [3.63, 3.8) is 0 Å².